The van der Waals surface area contributed by atoms with Gasteiger partial charge < -0.3 is 28.8 Å². The Kier molecular flexibility index (Phi) is 7.91. The molecule has 0 saturated carbocycles. The summed E-state index contributed by atoms with van der Waals surface area (Å²) in [5, 5.41) is 15.7. The third kappa shape index (κ3) is 6.27. The van der Waals surface area contributed by atoms with Crippen molar-refractivity contribution < 1.29 is 28.3 Å². The van der Waals surface area contributed by atoms with E-state index >= 15 is 0 Å². The number of anilines is 1. The standard InChI is InChI=1S/C24H23N3O6/c1-16-11-22(27-33-16)26-24(28)18(15-25)12-17-13-20(29-2)23(21(14-17)30-3)32-10-9-31-19-7-5-4-6-8-19/h4-8,11-14H,9-10H2,1-3H3,(H,26,27,28)/b18-12-. The van der Waals surface area contributed by atoms with Crippen LogP contribution in [0.15, 0.2) is 58.6 Å². The van der Waals surface area contributed by atoms with Crippen LogP contribution < -0.4 is 24.3 Å². The number of para-hydroxylation sites is 1. The van der Waals surface area contributed by atoms with Crippen molar-refractivity contribution in [1.82, 2.24) is 5.16 Å². The number of carbonyl (C=O) groups excluding carboxylic acids is 1. The van der Waals surface area contributed by atoms with Crippen LogP contribution in [0.25, 0.3) is 6.08 Å². The summed E-state index contributed by atoms with van der Waals surface area (Å²) >= 11 is 0. The lowest BCUT2D eigenvalue weighted by atomic mass is 10.1. The van der Waals surface area contributed by atoms with Gasteiger partial charge in [-0.3, -0.25) is 4.79 Å². The highest BCUT2D eigenvalue weighted by Gasteiger charge is 2.16. The second-order valence-electron chi connectivity index (χ2n) is 6.71. The fraction of sp³-hybridized carbons (Fsp3) is 0.208. The summed E-state index contributed by atoms with van der Waals surface area (Å²) in [4.78, 5) is 12.4. The Morgan fingerprint density at radius 3 is 2.33 bits per heavy atom. The second kappa shape index (κ2) is 11.2. The zero-order valence-electron chi connectivity index (χ0n) is 18.5. The molecule has 0 fully saturated rings. The third-order valence-electron chi connectivity index (χ3n) is 4.37. The highest BCUT2D eigenvalue weighted by molar-refractivity contribution is 6.09. The van der Waals surface area contributed by atoms with Crippen LogP contribution in [-0.2, 0) is 4.79 Å². The Balaban J connectivity index is 1.74. The number of nitrogens with zero attached hydrogens (tertiary/aromatic N) is 2. The van der Waals surface area contributed by atoms with Gasteiger partial charge in [-0.05, 0) is 42.8 Å². The van der Waals surface area contributed by atoms with Gasteiger partial charge in [-0.25, -0.2) is 0 Å². The number of methoxy groups -OCH3 is 2. The number of carbonyl (C=O) groups is 1. The van der Waals surface area contributed by atoms with Gasteiger partial charge >= 0.3 is 0 Å². The van der Waals surface area contributed by atoms with Gasteiger partial charge in [0.05, 0.1) is 14.2 Å². The highest BCUT2D eigenvalue weighted by Crippen LogP contribution is 2.39. The van der Waals surface area contributed by atoms with Crippen molar-refractivity contribution in [2.45, 2.75) is 6.92 Å². The minimum atomic E-state index is -0.623. The first-order valence-electron chi connectivity index (χ1n) is 9.97. The van der Waals surface area contributed by atoms with E-state index in [4.69, 9.17) is 23.5 Å². The van der Waals surface area contributed by atoms with Crippen molar-refractivity contribution in [3.8, 4) is 29.1 Å². The summed E-state index contributed by atoms with van der Waals surface area (Å²) in [5.41, 5.74) is 0.379. The quantitative estimate of drug-likeness (QED) is 0.280. The van der Waals surface area contributed by atoms with Crippen molar-refractivity contribution in [2.75, 3.05) is 32.8 Å². The van der Waals surface area contributed by atoms with Gasteiger partial charge in [0.15, 0.2) is 17.3 Å². The summed E-state index contributed by atoms with van der Waals surface area (Å²) in [6.45, 7) is 2.26. The van der Waals surface area contributed by atoms with E-state index in [-0.39, 0.29) is 18.0 Å². The molecule has 170 valence electrons. The number of hydrogen-bond donors (Lipinski definition) is 1. The number of hydrogen-bond acceptors (Lipinski definition) is 8. The maximum Gasteiger partial charge on any atom is 0.267 e. The Labute approximate surface area is 191 Å². The number of aryl methyl sites for hydroxylation is 1. The minimum Gasteiger partial charge on any atom is -0.493 e. The van der Waals surface area contributed by atoms with Gasteiger partial charge in [-0.1, -0.05) is 23.4 Å². The van der Waals surface area contributed by atoms with Gasteiger partial charge in [0.2, 0.25) is 5.75 Å². The topological polar surface area (TPSA) is 116 Å². The molecule has 1 N–H and O–H groups in total. The van der Waals surface area contributed by atoms with E-state index in [2.05, 4.69) is 10.5 Å². The molecule has 1 heterocycles. The van der Waals surface area contributed by atoms with Gasteiger partial charge in [0.1, 0.15) is 36.4 Å². The van der Waals surface area contributed by atoms with Crippen LogP contribution >= 0.6 is 0 Å². The monoisotopic (exact) mass is 449 g/mol. The van der Waals surface area contributed by atoms with Crippen LogP contribution in [0, 0.1) is 18.3 Å². The van der Waals surface area contributed by atoms with E-state index in [0.717, 1.165) is 5.75 Å². The molecule has 0 atom stereocenters. The average Bonchev–Trinajstić information content (AvgIpc) is 3.25. The fourth-order valence-electron chi connectivity index (χ4n) is 2.87. The number of nitrogens with one attached hydrogen (secondary N) is 1. The summed E-state index contributed by atoms with van der Waals surface area (Å²) in [5.74, 6) is 2.01. The normalized spacial score (nSPS) is 10.8. The molecule has 0 unspecified atom stereocenters. The molecule has 9 heteroatoms. The molecule has 1 amide bonds. The Bertz CT molecular complexity index is 1140. The lowest BCUT2D eigenvalue weighted by Crippen LogP contribution is -2.13. The highest BCUT2D eigenvalue weighted by atomic mass is 16.6. The molecule has 0 aliphatic rings. The minimum absolute atomic E-state index is 0.135. The SMILES string of the molecule is COc1cc(/C=C(/C#N)C(=O)Nc2cc(C)on2)cc(OC)c1OCCOc1ccccc1. The molecule has 2 aromatic carbocycles. The first kappa shape index (κ1) is 23.2. The number of ether oxygens (including phenoxy) is 4. The maximum absolute atomic E-state index is 12.4. The average molecular weight is 449 g/mol. The summed E-state index contributed by atoms with van der Waals surface area (Å²) in [6.07, 6.45) is 1.41. The zero-order valence-corrected chi connectivity index (χ0v) is 18.5. The molecule has 0 aliphatic carbocycles. The molecule has 0 bridgehead atoms. The summed E-state index contributed by atoms with van der Waals surface area (Å²) < 4.78 is 27.2. The van der Waals surface area contributed by atoms with Crippen molar-refractivity contribution in [3.05, 3.63) is 65.4 Å². The molecule has 0 saturated heterocycles. The molecule has 3 aromatic rings. The van der Waals surface area contributed by atoms with Gasteiger partial charge in [0.25, 0.3) is 5.91 Å². The number of amides is 1. The number of rotatable bonds is 10. The smallest absolute Gasteiger partial charge is 0.267 e. The summed E-state index contributed by atoms with van der Waals surface area (Å²) in [7, 11) is 2.97. The molecule has 0 spiro atoms. The molecule has 0 aliphatic heterocycles. The van der Waals surface area contributed by atoms with Crippen LogP contribution in [0.5, 0.6) is 23.0 Å². The molecule has 33 heavy (non-hydrogen) atoms. The van der Waals surface area contributed by atoms with Crippen molar-refractivity contribution in [1.29, 1.82) is 5.26 Å². The van der Waals surface area contributed by atoms with E-state index in [1.165, 1.54) is 20.3 Å². The predicted molar refractivity (Wildman–Crippen MR) is 120 cm³/mol. The molecular formula is C24H23N3O6. The maximum atomic E-state index is 12.4. The van der Waals surface area contributed by atoms with E-state index in [1.54, 1.807) is 25.1 Å². The molecule has 0 radical (unpaired) electrons. The number of benzene rings is 2. The van der Waals surface area contributed by atoms with Gasteiger partial charge in [0, 0.05) is 6.07 Å². The predicted octanol–water partition coefficient (Wildman–Crippen LogP) is 4.00. The van der Waals surface area contributed by atoms with Crippen molar-refractivity contribution >= 4 is 17.8 Å². The lowest BCUT2D eigenvalue weighted by Gasteiger charge is -2.16. The number of nitriles is 1. The Morgan fingerprint density at radius 1 is 1.09 bits per heavy atom. The van der Waals surface area contributed by atoms with Crippen LogP contribution in [0.2, 0.25) is 0 Å². The van der Waals surface area contributed by atoms with Crippen LogP contribution in [0.3, 0.4) is 0 Å². The van der Waals surface area contributed by atoms with Gasteiger partial charge in [-0.15, -0.1) is 0 Å². The first-order valence-corrected chi connectivity index (χ1v) is 9.97. The van der Waals surface area contributed by atoms with E-state index in [0.29, 0.717) is 35.2 Å². The van der Waals surface area contributed by atoms with E-state index < -0.39 is 5.91 Å². The van der Waals surface area contributed by atoms with Crippen molar-refractivity contribution in [3.63, 3.8) is 0 Å². The summed E-state index contributed by atoms with van der Waals surface area (Å²) in [6, 6.07) is 16.1. The first-order chi connectivity index (χ1) is 16.0. The van der Waals surface area contributed by atoms with E-state index in [9.17, 15) is 10.1 Å². The molecule has 9 nitrogen and oxygen atoms in total. The van der Waals surface area contributed by atoms with Crippen LogP contribution in [-0.4, -0.2) is 38.5 Å². The molecular weight excluding hydrogens is 426 g/mol. The lowest BCUT2D eigenvalue weighted by molar-refractivity contribution is -0.112. The largest absolute Gasteiger partial charge is 0.493 e. The Hall–Kier alpha value is -4.45. The number of aromatic nitrogens is 1. The zero-order chi connectivity index (χ0) is 23.6. The second-order valence-corrected chi connectivity index (χ2v) is 6.71. The third-order valence-corrected chi connectivity index (χ3v) is 4.37. The van der Waals surface area contributed by atoms with Crippen molar-refractivity contribution in [2.24, 2.45) is 0 Å². The van der Waals surface area contributed by atoms with Gasteiger partial charge in [-0.2, -0.15) is 5.26 Å². The molecule has 1 aromatic heterocycles. The molecule has 3 rings (SSSR count). The Morgan fingerprint density at radius 2 is 1.76 bits per heavy atom. The fourth-order valence-corrected chi connectivity index (χ4v) is 2.87. The van der Waals surface area contributed by atoms with Crippen LogP contribution in [0.1, 0.15) is 11.3 Å². The van der Waals surface area contributed by atoms with E-state index in [1.807, 2.05) is 36.4 Å². The van der Waals surface area contributed by atoms with Crippen LogP contribution in [0.4, 0.5) is 5.82 Å².